The van der Waals surface area contributed by atoms with E-state index in [1.54, 1.807) is 0 Å². The summed E-state index contributed by atoms with van der Waals surface area (Å²) in [5, 5.41) is 2.87. The molecule has 1 aliphatic heterocycles. The molecule has 1 atom stereocenters. The van der Waals surface area contributed by atoms with Crippen LogP contribution in [-0.2, 0) is 0 Å². The van der Waals surface area contributed by atoms with Gasteiger partial charge >= 0.3 is 0 Å². The minimum absolute atomic E-state index is 0.0813. The molecule has 128 valence electrons. The van der Waals surface area contributed by atoms with Crippen LogP contribution in [0.25, 0.3) is 0 Å². The highest BCUT2D eigenvalue weighted by Crippen LogP contribution is 2.24. The van der Waals surface area contributed by atoms with E-state index in [1.165, 1.54) is 31.9 Å². The summed E-state index contributed by atoms with van der Waals surface area (Å²) in [7, 11) is 0. The number of hydrogen-bond donors (Lipinski definition) is 1. The molecule has 2 rings (SSSR count). The van der Waals surface area contributed by atoms with Crippen LogP contribution < -0.4 is 5.32 Å². The number of unbranched alkanes of at least 4 members (excludes halogenated alkanes) is 1. The fourth-order valence-electron chi connectivity index (χ4n) is 2.92. The summed E-state index contributed by atoms with van der Waals surface area (Å²) in [6.07, 6.45) is 5.81. The number of carbonyl (C=O) groups is 1. The van der Waals surface area contributed by atoms with Crippen molar-refractivity contribution in [3.63, 3.8) is 0 Å². The number of likely N-dealkylation sites (tertiary alicyclic amines) is 1. The zero-order valence-electron chi connectivity index (χ0n) is 13.4. The largest absolute Gasteiger partial charge is 0.352 e. The van der Waals surface area contributed by atoms with Gasteiger partial charge in [0.05, 0.1) is 15.6 Å². The molecule has 0 unspecified atom stereocenters. The molecule has 1 N–H and O–H groups in total. The van der Waals surface area contributed by atoms with E-state index >= 15 is 0 Å². The molecule has 0 spiro atoms. The van der Waals surface area contributed by atoms with Crippen LogP contribution in [0.1, 0.15) is 49.4 Å². The summed E-state index contributed by atoms with van der Waals surface area (Å²) in [4.78, 5) is 14.5. The zero-order valence-corrected chi connectivity index (χ0v) is 14.9. The van der Waals surface area contributed by atoms with E-state index in [4.69, 9.17) is 23.2 Å². The third-order valence-corrected chi connectivity index (χ3v) is 4.96. The van der Waals surface area contributed by atoms with E-state index < -0.39 is 5.82 Å². The SMILES string of the molecule is C[C@H]1CCCCN1CCCCNC(=O)c1cc(F)c(Cl)cc1Cl. The highest BCUT2D eigenvalue weighted by Gasteiger charge is 2.17. The quantitative estimate of drug-likeness (QED) is 0.597. The summed E-state index contributed by atoms with van der Waals surface area (Å²) < 4.78 is 13.4. The standard InChI is InChI=1S/C17H23Cl2FN2O/c1-12-6-2-4-8-22(12)9-5-3-7-21-17(23)13-10-16(20)15(19)11-14(13)18/h10-12H,2-9H2,1H3,(H,21,23)/t12-/m0/s1. The highest BCUT2D eigenvalue weighted by atomic mass is 35.5. The second-order valence-corrected chi connectivity index (χ2v) is 6.90. The lowest BCUT2D eigenvalue weighted by Gasteiger charge is -2.33. The fraction of sp³-hybridized carbons (Fsp3) is 0.588. The molecule has 1 aromatic carbocycles. The van der Waals surface area contributed by atoms with Crippen molar-refractivity contribution in [1.29, 1.82) is 0 Å². The smallest absolute Gasteiger partial charge is 0.252 e. The van der Waals surface area contributed by atoms with Crippen molar-refractivity contribution < 1.29 is 9.18 Å². The Kier molecular flexibility index (Phi) is 7.12. The fourth-order valence-corrected chi connectivity index (χ4v) is 3.39. The lowest BCUT2D eigenvalue weighted by Crippen LogP contribution is -2.38. The summed E-state index contributed by atoms with van der Waals surface area (Å²) >= 11 is 11.6. The first-order valence-corrected chi connectivity index (χ1v) is 8.91. The second-order valence-electron chi connectivity index (χ2n) is 6.09. The molecule has 3 nitrogen and oxygen atoms in total. The number of nitrogens with zero attached hydrogens (tertiary/aromatic N) is 1. The molecule has 0 saturated carbocycles. The Morgan fingerprint density at radius 2 is 2.09 bits per heavy atom. The predicted octanol–water partition coefficient (Wildman–Crippen LogP) is 4.52. The van der Waals surface area contributed by atoms with Gasteiger partial charge in [0.25, 0.3) is 5.91 Å². The Morgan fingerprint density at radius 3 is 2.83 bits per heavy atom. The van der Waals surface area contributed by atoms with E-state index in [2.05, 4.69) is 17.1 Å². The molecular formula is C17H23Cl2FN2O. The molecular weight excluding hydrogens is 338 g/mol. The van der Waals surface area contributed by atoms with E-state index in [0.717, 1.165) is 25.5 Å². The number of piperidine rings is 1. The van der Waals surface area contributed by atoms with Crippen LogP contribution >= 0.6 is 23.2 Å². The number of nitrogens with one attached hydrogen (secondary N) is 1. The van der Waals surface area contributed by atoms with Gasteiger partial charge in [-0.05, 0) is 57.8 Å². The number of carbonyl (C=O) groups excluding carboxylic acids is 1. The molecule has 1 aliphatic rings. The number of amides is 1. The number of benzene rings is 1. The lowest BCUT2D eigenvalue weighted by atomic mass is 10.0. The van der Waals surface area contributed by atoms with E-state index in [-0.39, 0.29) is 21.5 Å². The van der Waals surface area contributed by atoms with E-state index in [1.807, 2.05) is 0 Å². The Morgan fingerprint density at radius 1 is 1.30 bits per heavy atom. The minimum atomic E-state index is -0.639. The summed E-state index contributed by atoms with van der Waals surface area (Å²) in [5.74, 6) is -1.00. The van der Waals surface area contributed by atoms with Crippen molar-refractivity contribution in [1.82, 2.24) is 10.2 Å². The van der Waals surface area contributed by atoms with E-state index in [0.29, 0.717) is 12.6 Å². The molecule has 0 aliphatic carbocycles. The van der Waals surface area contributed by atoms with Crippen LogP contribution in [0, 0.1) is 5.82 Å². The first kappa shape index (κ1) is 18.5. The van der Waals surface area contributed by atoms with Gasteiger partial charge in [-0.3, -0.25) is 4.79 Å². The highest BCUT2D eigenvalue weighted by molar-refractivity contribution is 6.36. The second kappa shape index (κ2) is 8.86. The van der Waals surface area contributed by atoms with Crippen LogP contribution in [0.5, 0.6) is 0 Å². The third kappa shape index (κ3) is 5.33. The van der Waals surface area contributed by atoms with Crippen molar-refractivity contribution >= 4 is 29.1 Å². The molecule has 1 fully saturated rings. The zero-order chi connectivity index (χ0) is 16.8. The van der Waals surface area contributed by atoms with Gasteiger partial charge < -0.3 is 10.2 Å². The topological polar surface area (TPSA) is 32.3 Å². The van der Waals surface area contributed by atoms with Crippen LogP contribution in [0.2, 0.25) is 10.0 Å². The lowest BCUT2D eigenvalue weighted by molar-refractivity contribution is 0.0951. The molecule has 6 heteroatoms. The Hall–Kier alpha value is -0.840. The number of rotatable bonds is 6. The van der Waals surface area contributed by atoms with Crippen LogP contribution in [-0.4, -0.2) is 36.5 Å². The van der Waals surface area contributed by atoms with Crippen LogP contribution in [0.3, 0.4) is 0 Å². The van der Waals surface area contributed by atoms with Gasteiger partial charge in [-0.15, -0.1) is 0 Å². The van der Waals surface area contributed by atoms with Gasteiger partial charge in [0.1, 0.15) is 5.82 Å². The van der Waals surface area contributed by atoms with Gasteiger partial charge in [-0.25, -0.2) is 4.39 Å². The summed E-state index contributed by atoms with van der Waals surface area (Å²) in [6.45, 7) is 5.07. The van der Waals surface area contributed by atoms with Gasteiger partial charge in [-0.2, -0.15) is 0 Å². The van der Waals surface area contributed by atoms with Gasteiger partial charge in [-0.1, -0.05) is 29.6 Å². The van der Waals surface area contributed by atoms with Gasteiger partial charge in [0.15, 0.2) is 0 Å². The average molecular weight is 361 g/mol. The Labute approximate surface area is 147 Å². The van der Waals surface area contributed by atoms with Gasteiger partial charge in [0.2, 0.25) is 0 Å². The Balaban J connectivity index is 1.72. The van der Waals surface area contributed by atoms with Crippen LogP contribution in [0.15, 0.2) is 12.1 Å². The maximum absolute atomic E-state index is 13.4. The molecule has 1 aromatic rings. The van der Waals surface area contributed by atoms with Crippen LogP contribution in [0.4, 0.5) is 4.39 Å². The maximum atomic E-state index is 13.4. The molecule has 0 bridgehead atoms. The number of halogens is 3. The summed E-state index contributed by atoms with van der Waals surface area (Å²) in [6, 6.07) is 3.00. The molecule has 23 heavy (non-hydrogen) atoms. The Bertz CT molecular complexity index is 554. The van der Waals surface area contributed by atoms with Gasteiger partial charge in [0, 0.05) is 12.6 Å². The van der Waals surface area contributed by atoms with Crippen molar-refractivity contribution in [3.8, 4) is 0 Å². The monoisotopic (exact) mass is 360 g/mol. The van der Waals surface area contributed by atoms with Crippen molar-refractivity contribution in [2.75, 3.05) is 19.6 Å². The average Bonchev–Trinajstić information content (AvgIpc) is 2.52. The summed E-state index contributed by atoms with van der Waals surface area (Å²) in [5.41, 5.74) is 0.123. The maximum Gasteiger partial charge on any atom is 0.252 e. The molecule has 0 radical (unpaired) electrons. The molecule has 0 aromatic heterocycles. The van der Waals surface area contributed by atoms with Crippen molar-refractivity contribution in [2.24, 2.45) is 0 Å². The predicted molar refractivity (Wildman–Crippen MR) is 92.9 cm³/mol. The van der Waals surface area contributed by atoms with E-state index in [9.17, 15) is 9.18 Å². The first-order valence-electron chi connectivity index (χ1n) is 8.16. The molecule has 1 saturated heterocycles. The third-order valence-electron chi connectivity index (χ3n) is 4.35. The minimum Gasteiger partial charge on any atom is -0.352 e. The molecule has 1 amide bonds. The number of hydrogen-bond acceptors (Lipinski definition) is 2. The van der Waals surface area contributed by atoms with Crippen molar-refractivity contribution in [2.45, 2.75) is 45.1 Å². The normalized spacial score (nSPS) is 18.9. The van der Waals surface area contributed by atoms with Crippen molar-refractivity contribution in [3.05, 3.63) is 33.6 Å². The first-order chi connectivity index (χ1) is 11.0. The molecule has 1 heterocycles.